The van der Waals surface area contributed by atoms with Gasteiger partial charge in [0.15, 0.2) is 0 Å². The SMILES string of the molecule is CCCN(Cc1ccccc1)c1c(C)nc(-c2c(C)cccc2C)c2ccccc12. The Morgan fingerprint density at radius 2 is 1.37 bits per heavy atom. The van der Waals surface area contributed by atoms with Crippen LogP contribution in [0.15, 0.2) is 72.8 Å². The van der Waals surface area contributed by atoms with E-state index in [-0.39, 0.29) is 0 Å². The number of hydrogen-bond donors (Lipinski definition) is 0. The molecule has 0 saturated carbocycles. The predicted octanol–water partition coefficient (Wildman–Crippen LogP) is 7.24. The van der Waals surface area contributed by atoms with Crippen LogP contribution in [0.5, 0.6) is 0 Å². The van der Waals surface area contributed by atoms with Crippen molar-refractivity contribution in [1.82, 2.24) is 4.98 Å². The molecule has 1 aromatic heterocycles. The maximum Gasteiger partial charge on any atom is 0.0790 e. The number of benzene rings is 3. The Morgan fingerprint density at radius 3 is 2.03 bits per heavy atom. The third kappa shape index (κ3) is 3.82. The molecule has 0 bridgehead atoms. The van der Waals surface area contributed by atoms with Crippen LogP contribution in [0.1, 0.15) is 35.7 Å². The second kappa shape index (κ2) is 8.71. The van der Waals surface area contributed by atoms with Crippen LogP contribution in [-0.2, 0) is 6.54 Å². The average molecular weight is 395 g/mol. The van der Waals surface area contributed by atoms with Gasteiger partial charge in [-0.15, -0.1) is 0 Å². The van der Waals surface area contributed by atoms with Crippen molar-refractivity contribution >= 4 is 16.5 Å². The van der Waals surface area contributed by atoms with E-state index in [9.17, 15) is 0 Å². The van der Waals surface area contributed by atoms with Crippen LogP contribution in [0.4, 0.5) is 5.69 Å². The summed E-state index contributed by atoms with van der Waals surface area (Å²) in [6.07, 6.45) is 1.10. The lowest BCUT2D eigenvalue weighted by Gasteiger charge is -2.28. The van der Waals surface area contributed by atoms with E-state index in [0.717, 1.165) is 30.9 Å². The van der Waals surface area contributed by atoms with Gasteiger partial charge in [0.2, 0.25) is 0 Å². The standard InChI is InChI=1S/C28H30N2/c1-5-18-30(19-23-14-7-6-8-15-23)28-22(4)29-27(24-16-9-10-17-25(24)28)26-20(2)12-11-13-21(26)3/h6-17H,5,18-19H2,1-4H3. The Morgan fingerprint density at radius 1 is 0.733 bits per heavy atom. The first-order valence-corrected chi connectivity index (χ1v) is 10.8. The van der Waals surface area contributed by atoms with Crippen LogP contribution in [0, 0.1) is 20.8 Å². The van der Waals surface area contributed by atoms with E-state index in [1.165, 1.54) is 38.7 Å². The molecule has 2 heteroatoms. The molecule has 152 valence electrons. The molecule has 30 heavy (non-hydrogen) atoms. The summed E-state index contributed by atoms with van der Waals surface area (Å²) in [4.78, 5) is 7.69. The Balaban J connectivity index is 1.92. The smallest absolute Gasteiger partial charge is 0.0790 e. The molecule has 0 radical (unpaired) electrons. The molecule has 0 aliphatic carbocycles. The first kappa shape index (κ1) is 20.2. The fraction of sp³-hybridized carbons (Fsp3) is 0.250. The van der Waals surface area contributed by atoms with E-state index in [1.807, 2.05) is 0 Å². The third-order valence-corrected chi connectivity index (χ3v) is 5.80. The fourth-order valence-corrected chi connectivity index (χ4v) is 4.49. The Kier molecular flexibility index (Phi) is 5.85. The zero-order valence-electron chi connectivity index (χ0n) is 18.4. The van der Waals surface area contributed by atoms with Crippen molar-refractivity contribution in [2.45, 2.75) is 40.7 Å². The van der Waals surface area contributed by atoms with Gasteiger partial charge in [0.25, 0.3) is 0 Å². The highest BCUT2D eigenvalue weighted by Crippen LogP contribution is 2.38. The topological polar surface area (TPSA) is 16.1 Å². The molecule has 0 amide bonds. The molecule has 0 unspecified atom stereocenters. The maximum absolute atomic E-state index is 5.20. The van der Waals surface area contributed by atoms with Crippen LogP contribution >= 0.6 is 0 Å². The monoisotopic (exact) mass is 394 g/mol. The minimum absolute atomic E-state index is 0.893. The lowest BCUT2D eigenvalue weighted by Crippen LogP contribution is -2.25. The van der Waals surface area contributed by atoms with Gasteiger partial charge in [0, 0.05) is 29.4 Å². The molecule has 0 fully saturated rings. The summed E-state index contributed by atoms with van der Waals surface area (Å²) in [6.45, 7) is 10.7. The fourth-order valence-electron chi connectivity index (χ4n) is 4.49. The van der Waals surface area contributed by atoms with Crippen molar-refractivity contribution in [1.29, 1.82) is 0 Å². The number of rotatable bonds is 6. The summed E-state index contributed by atoms with van der Waals surface area (Å²) in [7, 11) is 0. The molecule has 0 atom stereocenters. The molecule has 0 spiro atoms. The number of nitrogens with zero attached hydrogens (tertiary/aromatic N) is 2. The van der Waals surface area contributed by atoms with E-state index < -0.39 is 0 Å². The van der Waals surface area contributed by atoms with E-state index in [1.54, 1.807) is 0 Å². The minimum atomic E-state index is 0.893. The molecule has 0 saturated heterocycles. The zero-order valence-corrected chi connectivity index (χ0v) is 18.4. The lowest BCUT2D eigenvalue weighted by atomic mass is 9.94. The van der Waals surface area contributed by atoms with E-state index in [2.05, 4.69) is 105 Å². The van der Waals surface area contributed by atoms with Crippen LogP contribution < -0.4 is 4.90 Å². The first-order chi connectivity index (χ1) is 14.6. The van der Waals surface area contributed by atoms with Gasteiger partial charge in [0.05, 0.1) is 17.1 Å². The number of fused-ring (bicyclic) bond motifs is 1. The summed E-state index contributed by atoms with van der Waals surface area (Å²) >= 11 is 0. The van der Waals surface area contributed by atoms with Crippen LogP contribution in [-0.4, -0.2) is 11.5 Å². The molecule has 1 heterocycles. The van der Waals surface area contributed by atoms with Crippen molar-refractivity contribution in [3.63, 3.8) is 0 Å². The zero-order chi connectivity index (χ0) is 21.1. The molecule has 4 rings (SSSR count). The maximum atomic E-state index is 5.20. The molecule has 2 nitrogen and oxygen atoms in total. The van der Waals surface area contributed by atoms with Gasteiger partial charge in [0.1, 0.15) is 0 Å². The molecule has 0 aliphatic rings. The van der Waals surface area contributed by atoms with Gasteiger partial charge in [-0.2, -0.15) is 0 Å². The van der Waals surface area contributed by atoms with Gasteiger partial charge in [-0.05, 0) is 43.9 Å². The van der Waals surface area contributed by atoms with Gasteiger partial charge >= 0.3 is 0 Å². The van der Waals surface area contributed by atoms with E-state index in [4.69, 9.17) is 4.98 Å². The average Bonchev–Trinajstić information content (AvgIpc) is 2.74. The van der Waals surface area contributed by atoms with Crippen molar-refractivity contribution in [2.24, 2.45) is 0 Å². The predicted molar refractivity (Wildman–Crippen MR) is 129 cm³/mol. The molecule has 4 aromatic rings. The van der Waals surface area contributed by atoms with Crippen LogP contribution in [0.2, 0.25) is 0 Å². The van der Waals surface area contributed by atoms with Gasteiger partial charge in [-0.3, -0.25) is 4.98 Å². The third-order valence-electron chi connectivity index (χ3n) is 5.80. The highest BCUT2D eigenvalue weighted by atomic mass is 15.1. The van der Waals surface area contributed by atoms with Crippen molar-refractivity contribution in [2.75, 3.05) is 11.4 Å². The number of pyridine rings is 1. The largest absolute Gasteiger partial charge is 0.365 e. The highest BCUT2D eigenvalue weighted by molar-refractivity contribution is 6.03. The lowest BCUT2D eigenvalue weighted by molar-refractivity contribution is 0.765. The molecule has 0 N–H and O–H groups in total. The normalized spacial score (nSPS) is 11.1. The number of aromatic nitrogens is 1. The number of anilines is 1. The van der Waals surface area contributed by atoms with Gasteiger partial charge < -0.3 is 4.90 Å². The van der Waals surface area contributed by atoms with Crippen LogP contribution in [0.3, 0.4) is 0 Å². The second-order valence-electron chi connectivity index (χ2n) is 8.11. The van der Waals surface area contributed by atoms with Crippen LogP contribution in [0.25, 0.3) is 22.0 Å². The van der Waals surface area contributed by atoms with Crippen molar-refractivity contribution in [3.8, 4) is 11.3 Å². The summed E-state index contributed by atoms with van der Waals surface area (Å²) < 4.78 is 0. The van der Waals surface area contributed by atoms with E-state index in [0.29, 0.717) is 0 Å². The minimum Gasteiger partial charge on any atom is -0.365 e. The molecule has 3 aromatic carbocycles. The molecular weight excluding hydrogens is 364 g/mol. The molecule has 0 aliphatic heterocycles. The number of hydrogen-bond acceptors (Lipinski definition) is 2. The van der Waals surface area contributed by atoms with Crippen molar-refractivity contribution < 1.29 is 0 Å². The Labute approximate surface area is 180 Å². The Hall–Kier alpha value is -3.13. The number of aryl methyl sites for hydroxylation is 3. The van der Waals surface area contributed by atoms with Gasteiger partial charge in [-0.25, -0.2) is 0 Å². The summed E-state index contributed by atoms with van der Waals surface area (Å²) in [5, 5.41) is 2.51. The van der Waals surface area contributed by atoms with E-state index >= 15 is 0 Å². The second-order valence-corrected chi connectivity index (χ2v) is 8.11. The highest BCUT2D eigenvalue weighted by Gasteiger charge is 2.19. The summed E-state index contributed by atoms with van der Waals surface area (Å²) in [5.41, 5.74) is 8.58. The quantitative estimate of drug-likeness (QED) is 0.342. The van der Waals surface area contributed by atoms with Gasteiger partial charge in [-0.1, -0.05) is 79.7 Å². The summed E-state index contributed by atoms with van der Waals surface area (Å²) in [5.74, 6) is 0. The molecular formula is C28H30N2. The first-order valence-electron chi connectivity index (χ1n) is 10.8. The summed E-state index contributed by atoms with van der Waals surface area (Å²) in [6, 6.07) is 26.0. The van der Waals surface area contributed by atoms with Crippen molar-refractivity contribution in [3.05, 3.63) is 95.2 Å². The Bertz CT molecular complexity index is 1140.